The van der Waals surface area contributed by atoms with Crippen molar-refractivity contribution in [2.45, 2.75) is 38.9 Å². The fourth-order valence-electron chi connectivity index (χ4n) is 2.61. The molecule has 1 aromatic rings. The summed E-state index contributed by atoms with van der Waals surface area (Å²) in [6.07, 6.45) is -1.31. The van der Waals surface area contributed by atoms with E-state index in [1.165, 1.54) is 6.07 Å². The van der Waals surface area contributed by atoms with Crippen molar-refractivity contribution in [2.75, 3.05) is 13.1 Å². The van der Waals surface area contributed by atoms with E-state index in [-0.39, 0.29) is 12.6 Å². The summed E-state index contributed by atoms with van der Waals surface area (Å²) in [4.78, 5) is 13.9. The highest BCUT2D eigenvalue weighted by Gasteiger charge is 2.30. The Morgan fingerprint density at radius 2 is 2.09 bits per heavy atom. The standard InChI is InChI=1S/C16H21F3N2O/c1-12-4-3-8-21(9-7-12)15(22)20-11-13-5-2-6-14(10-13)16(17,18)19/h2,5-6,10,12H,3-4,7-9,11H2,1H3,(H,20,22)/t12-/m0/s1. The first-order valence-electron chi connectivity index (χ1n) is 7.55. The lowest BCUT2D eigenvalue weighted by atomic mass is 10.0. The molecule has 1 atom stereocenters. The van der Waals surface area contributed by atoms with Crippen molar-refractivity contribution in [1.82, 2.24) is 10.2 Å². The summed E-state index contributed by atoms with van der Waals surface area (Å²) in [6.45, 7) is 3.69. The van der Waals surface area contributed by atoms with Crippen molar-refractivity contribution < 1.29 is 18.0 Å². The van der Waals surface area contributed by atoms with Gasteiger partial charge >= 0.3 is 12.2 Å². The molecule has 0 radical (unpaired) electrons. The molecule has 22 heavy (non-hydrogen) atoms. The molecule has 1 saturated heterocycles. The Hall–Kier alpha value is -1.72. The summed E-state index contributed by atoms with van der Waals surface area (Å²) in [7, 11) is 0. The SMILES string of the molecule is C[C@H]1CCCN(C(=O)NCc2cccc(C(F)(F)F)c2)CC1. The zero-order valence-corrected chi connectivity index (χ0v) is 12.6. The molecule has 0 bridgehead atoms. The number of hydrogen-bond donors (Lipinski definition) is 1. The summed E-state index contributed by atoms with van der Waals surface area (Å²) >= 11 is 0. The van der Waals surface area contributed by atoms with Crippen LogP contribution in [-0.4, -0.2) is 24.0 Å². The summed E-state index contributed by atoms with van der Waals surface area (Å²) < 4.78 is 37.9. The molecule has 0 spiro atoms. The quantitative estimate of drug-likeness (QED) is 0.878. The highest BCUT2D eigenvalue weighted by Crippen LogP contribution is 2.29. The van der Waals surface area contributed by atoms with Gasteiger partial charge in [0.2, 0.25) is 0 Å². The molecule has 0 aromatic heterocycles. The van der Waals surface area contributed by atoms with Gasteiger partial charge in [0.25, 0.3) is 0 Å². The van der Waals surface area contributed by atoms with E-state index in [0.717, 1.165) is 31.4 Å². The van der Waals surface area contributed by atoms with Crippen LogP contribution in [-0.2, 0) is 12.7 Å². The second-order valence-corrected chi connectivity index (χ2v) is 5.88. The van der Waals surface area contributed by atoms with Crippen LogP contribution in [0.25, 0.3) is 0 Å². The maximum Gasteiger partial charge on any atom is 0.416 e. The van der Waals surface area contributed by atoms with Gasteiger partial charge in [-0.3, -0.25) is 0 Å². The molecule has 1 aliphatic heterocycles. The summed E-state index contributed by atoms with van der Waals surface area (Å²) in [5.74, 6) is 0.612. The van der Waals surface area contributed by atoms with Crippen LogP contribution in [0.2, 0.25) is 0 Å². The van der Waals surface area contributed by atoms with E-state index in [0.29, 0.717) is 24.6 Å². The first kappa shape index (κ1) is 16.6. The smallest absolute Gasteiger partial charge is 0.334 e. The first-order chi connectivity index (χ1) is 10.4. The Morgan fingerprint density at radius 3 is 2.82 bits per heavy atom. The topological polar surface area (TPSA) is 32.3 Å². The number of rotatable bonds is 2. The maximum atomic E-state index is 12.6. The number of urea groups is 1. The number of nitrogens with one attached hydrogen (secondary N) is 1. The minimum absolute atomic E-state index is 0.106. The lowest BCUT2D eigenvalue weighted by molar-refractivity contribution is -0.137. The monoisotopic (exact) mass is 314 g/mol. The molecule has 2 amide bonds. The van der Waals surface area contributed by atoms with Crippen LogP contribution in [0, 0.1) is 5.92 Å². The van der Waals surface area contributed by atoms with E-state index >= 15 is 0 Å². The van der Waals surface area contributed by atoms with Gasteiger partial charge in [0, 0.05) is 19.6 Å². The molecule has 2 rings (SSSR count). The highest BCUT2D eigenvalue weighted by atomic mass is 19.4. The third-order valence-corrected chi connectivity index (χ3v) is 4.00. The van der Waals surface area contributed by atoms with Crippen LogP contribution in [0.4, 0.5) is 18.0 Å². The number of amides is 2. The van der Waals surface area contributed by atoms with Crippen molar-refractivity contribution in [3.8, 4) is 0 Å². The lowest BCUT2D eigenvalue weighted by Gasteiger charge is -2.21. The number of benzene rings is 1. The minimum atomic E-state index is -4.36. The second-order valence-electron chi connectivity index (χ2n) is 5.88. The summed E-state index contributed by atoms with van der Waals surface area (Å²) in [6, 6.07) is 4.84. The zero-order chi connectivity index (χ0) is 16.2. The molecule has 6 heteroatoms. The van der Waals surface area contributed by atoms with Gasteiger partial charge in [-0.25, -0.2) is 4.79 Å². The molecular formula is C16H21F3N2O. The van der Waals surface area contributed by atoms with Crippen LogP contribution < -0.4 is 5.32 Å². The van der Waals surface area contributed by atoms with E-state index in [4.69, 9.17) is 0 Å². The molecule has 3 nitrogen and oxygen atoms in total. The molecular weight excluding hydrogens is 293 g/mol. The Labute approximate surface area is 128 Å². The largest absolute Gasteiger partial charge is 0.416 e. The third-order valence-electron chi connectivity index (χ3n) is 4.00. The van der Waals surface area contributed by atoms with E-state index in [1.54, 1.807) is 11.0 Å². The van der Waals surface area contributed by atoms with Crippen LogP contribution in [0.3, 0.4) is 0 Å². The van der Waals surface area contributed by atoms with Gasteiger partial charge < -0.3 is 10.2 Å². The van der Waals surface area contributed by atoms with E-state index in [9.17, 15) is 18.0 Å². The third kappa shape index (κ3) is 4.64. The summed E-state index contributed by atoms with van der Waals surface area (Å²) in [5.41, 5.74) is -0.241. The normalized spacial score (nSPS) is 19.6. The highest BCUT2D eigenvalue weighted by molar-refractivity contribution is 5.74. The Balaban J connectivity index is 1.91. The Bertz CT molecular complexity index is 516. The van der Waals surface area contributed by atoms with E-state index in [1.807, 2.05) is 0 Å². The number of carbonyl (C=O) groups is 1. The number of hydrogen-bond acceptors (Lipinski definition) is 1. The van der Waals surface area contributed by atoms with Crippen LogP contribution in [0.15, 0.2) is 24.3 Å². The van der Waals surface area contributed by atoms with Gasteiger partial charge in [0.05, 0.1) is 5.56 Å². The Kier molecular flexibility index (Phi) is 5.32. The molecule has 0 saturated carbocycles. The van der Waals surface area contributed by atoms with Crippen molar-refractivity contribution >= 4 is 6.03 Å². The number of nitrogens with zero attached hydrogens (tertiary/aromatic N) is 1. The van der Waals surface area contributed by atoms with Crippen molar-refractivity contribution in [3.05, 3.63) is 35.4 Å². The number of halogens is 3. The number of carbonyl (C=O) groups excluding carboxylic acids is 1. The van der Waals surface area contributed by atoms with Crippen molar-refractivity contribution in [1.29, 1.82) is 0 Å². The van der Waals surface area contributed by atoms with Gasteiger partial charge in [0.1, 0.15) is 0 Å². The maximum absolute atomic E-state index is 12.6. The molecule has 1 aliphatic rings. The van der Waals surface area contributed by atoms with E-state index < -0.39 is 11.7 Å². The fraction of sp³-hybridized carbons (Fsp3) is 0.562. The van der Waals surface area contributed by atoms with Gasteiger partial charge in [-0.2, -0.15) is 13.2 Å². The van der Waals surface area contributed by atoms with Gasteiger partial charge in [-0.15, -0.1) is 0 Å². The fourth-order valence-corrected chi connectivity index (χ4v) is 2.61. The average molecular weight is 314 g/mol. The first-order valence-corrected chi connectivity index (χ1v) is 7.55. The molecule has 1 aromatic carbocycles. The Morgan fingerprint density at radius 1 is 1.32 bits per heavy atom. The molecule has 1 N–H and O–H groups in total. The summed E-state index contributed by atoms with van der Waals surface area (Å²) in [5, 5.41) is 2.71. The average Bonchev–Trinajstić information content (AvgIpc) is 2.69. The van der Waals surface area contributed by atoms with Crippen molar-refractivity contribution in [3.63, 3.8) is 0 Å². The van der Waals surface area contributed by atoms with E-state index in [2.05, 4.69) is 12.2 Å². The predicted molar refractivity (Wildman–Crippen MR) is 78.3 cm³/mol. The van der Waals surface area contributed by atoms with Gasteiger partial charge in [-0.1, -0.05) is 19.1 Å². The van der Waals surface area contributed by atoms with Crippen LogP contribution in [0.5, 0.6) is 0 Å². The molecule has 1 fully saturated rings. The molecule has 0 aliphatic carbocycles. The minimum Gasteiger partial charge on any atom is -0.334 e. The van der Waals surface area contributed by atoms with Crippen LogP contribution in [0.1, 0.15) is 37.3 Å². The van der Waals surface area contributed by atoms with Gasteiger partial charge in [-0.05, 0) is 42.9 Å². The molecule has 0 unspecified atom stereocenters. The lowest BCUT2D eigenvalue weighted by Crippen LogP contribution is -2.40. The van der Waals surface area contributed by atoms with Gasteiger partial charge in [0.15, 0.2) is 0 Å². The van der Waals surface area contributed by atoms with Crippen LogP contribution >= 0.6 is 0 Å². The van der Waals surface area contributed by atoms with Crippen molar-refractivity contribution in [2.24, 2.45) is 5.92 Å². The predicted octanol–water partition coefficient (Wildman–Crippen LogP) is 4.04. The molecule has 122 valence electrons. The molecule has 1 heterocycles. The second kappa shape index (κ2) is 7.03. The zero-order valence-electron chi connectivity index (χ0n) is 12.6. The number of likely N-dealkylation sites (tertiary alicyclic amines) is 1. The number of alkyl halides is 3.